The Balaban J connectivity index is 1.84. The van der Waals surface area contributed by atoms with Gasteiger partial charge in [0.1, 0.15) is 11.4 Å². The number of benzene rings is 2. The third-order valence-corrected chi connectivity index (χ3v) is 3.45. The fourth-order valence-electron chi connectivity index (χ4n) is 2.38. The lowest BCUT2D eigenvalue weighted by Crippen LogP contribution is -2.34. The standard InChI is InChI=1S/C19H24N2O4/c1-19(2,3)25-18(24)21-12-6-11-20-17(23)15-9-4-8-14-13(15)7-5-10-16(14)22/h4-5,7-10,22H,6,11-12H2,1-3H3,(H,20,23)(H,21,24). The molecule has 6 nitrogen and oxygen atoms in total. The summed E-state index contributed by atoms with van der Waals surface area (Å²) in [5.74, 6) is -0.0674. The number of amides is 2. The molecule has 0 spiro atoms. The minimum Gasteiger partial charge on any atom is -0.507 e. The molecule has 0 saturated carbocycles. The zero-order valence-electron chi connectivity index (χ0n) is 14.8. The maximum atomic E-state index is 12.3. The molecule has 0 aromatic heterocycles. The van der Waals surface area contributed by atoms with Crippen molar-refractivity contribution in [3.63, 3.8) is 0 Å². The first-order chi connectivity index (χ1) is 11.8. The van der Waals surface area contributed by atoms with Gasteiger partial charge in [0, 0.05) is 24.0 Å². The lowest BCUT2D eigenvalue weighted by molar-refractivity contribution is 0.0527. The van der Waals surface area contributed by atoms with Gasteiger partial charge in [-0.2, -0.15) is 0 Å². The highest BCUT2D eigenvalue weighted by Gasteiger charge is 2.15. The molecule has 0 aliphatic rings. The number of rotatable bonds is 5. The molecule has 6 heteroatoms. The second-order valence-electron chi connectivity index (χ2n) is 6.72. The highest BCUT2D eigenvalue weighted by atomic mass is 16.6. The lowest BCUT2D eigenvalue weighted by Gasteiger charge is -2.19. The normalized spacial score (nSPS) is 11.2. The van der Waals surface area contributed by atoms with Crippen molar-refractivity contribution < 1.29 is 19.4 Å². The third kappa shape index (κ3) is 5.38. The van der Waals surface area contributed by atoms with E-state index in [9.17, 15) is 14.7 Å². The first kappa shape index (κ1) is 18.6. The van der Waals surface area contributed by atoms with Crippen LogP contribution in [0.5, 0.6) is 5.75 Å². The molecule has 0 bridgehead atoms. The van der Waals surface area contributed by atoms with Crippen LogP contribution < -0.4 is 10.6 Å². The summed E-state index contributed by atoms with van der Waals surface area (Å²) in [6.45, 7) is 6.23. The highest BCUT2D eigenvalue weighted by molar-refractivity contribution is 6.08. The van der Waals surface area contributed by atoms with Crippen LogP contribution in [-0.4, -0.2) is 35.8 Å². The van der Waals surface area contributed by atoms with Crippen LogP contribution in [0.3, 0.4) is 0 Å². The van der Waals surface area contributed by atoms with E-state index in [4.69, 9.17) is 4.74 Å². The Morgan fingerprint density at radius 3 is 2.36 bits per heavy atom. The van der Waals surface area contributed by atoms with E-state index < -0.39 is 11.7 Å². The number of alkyl carbamates (subject to hydrolysis) is 1. The van der Waals surface area contributed by atoms with E-state index in [-0.39, 0.29) is 11.7 Å². The molecular formula is C19H24N2O4. The van der Waals surface area contributed by atoms with Gasteiger partial charge in [0.25, 0.3) is 5.91 Å². The summed E-state index contributed by atoms with van der Waals surface area (Å²) in [6, 6.07) is 10.3. The predicted molar refractivity (Wildman–Crippen MR) is 96.8 cm³/mol. The second kappa shape index (κ2) is 7.88. The fourth-order valence-corrected chi connectivity index (χ4v) is 2.38. The molecule has 0 aliphatic heterocycles. The molecule has 25 heavy (non-hydrogen) atoms. The van der Waals surface area contributed by atoms with Gasteiger partial charge in [-0.3, -0.25) is 4.79 Å². The lowest BCUT2D eigenvalue weighted by atomic mass is 10.0. The molecule has 2 rings (SSSR count). The van der Waals surface area contributed by atoms with Gasteiger partial charge in [0.05, 0.1) is 0 Å². The van der Waals surface area contributed by atoms with Gasteiger partial charge in [-0.05, 0) is 44.7 Å². The molecule has 0 unspecified atom stereocenters. The Hall–Kier alpha value is -2.76. The van der Waals surface area contributed by atoms with E-state index in [0.29, 0.717) is 35.8 Å². The minimum atomic E-state index is -0.530. The molecule has 2 aromatic rings. The number of carbonyl (C=O) groups is 2. The Morgan fingerprint density at radius 1 is 1.00 bits per heavy atom. The first-order valence-electron chi connectivity index (χ1n) is 8.24. The summed E-state index contributed by atoms with van der Waals surface area (Å²) in [7, 11) is 0. The Kier molecular flexibility index (Phi) is 5.85. The minimum absolute atomic E-state index is 0.147. The van der Waals surface area contributed by atoms with E-state index in [0.717, 1.165) is 0 Å². The summed E-state index contributed by atoms with van der Waals surface area (Å²) in [4.78, 5) is 23.9. The number of fused-ring (bicyclic) bond motifs is 1. The van der Waals surface area contributed by atoms with Crippen molar-refractivity contribution in [1.82, 2.24) is 10.6 Å². The van der Waals surface area contributed by atoms with E-state index in [1.165, 1.54) is 0 Å². The smallest absolute Gasteiger partial charge is 0.407 e. The second-order valence-corrected chi connectivity index (χ2v) is 6.72. The van der Waals surface area contributed by atoms with Crippen molar-refractivity contribution >= 4 is 22.8 Å². The van der Waals surface area contributed by atoms with Crippen molar-refractivity contribution in [2.75, 3.05) is 13.1 Å². The van der Waals surface area contributed by atoms with Gasteiger partial charge in [-0.15, -0.1) is 0 Å². The molecule has 0 radical (unpaired) electrons. The van der Waals surface area contributed by atoms with Crippen molar-refractivity contribution in [2.24, 2.45) is 0 Å². The molecule has 0 atom stereocenters. The molecule has 0 heterocycles. The predicted octanol–water partition coefficient (Wildman–Crippen LogP) is 3.19. The van der Waals surface area contributed by atoms with Crippen LogP contribution in [0.15, 0.2) is 36.4 Å². The maximum absolute atomic E-state index is 12.3. The maximum Gasteiger partial charge on any atom is 0.407 e. The number of carbonyl (C=O) groups excluding carboxylic acids is 2. The Bertz CT molecular complexity index is 766. The van der Waals surface area contributed by atoms with E-state index in [2.05, 4.69) is 10.6 Å². The molecular weight excluding hydrogens is 320 g/mol. The number of phenolic OH excluding ortho intramolecular Hbond substituents is 1. The Morgan fingerprint density at radius 2 is 1.64 bits per heavy atom. The van der Waals surface area contributed by atoms with Gasteiger partial charge < -0.3 is 20.5 Å². The quantitative estimate of drug-likeness (QED) is 0.727. The fraction of sp³-hybridized carbons (Fsp3) is 0.368. The summed E-state index contributed by atoms with van der Waals surface area (Å²) in [6.07, 6.45) is 0.115. The van der Waals surface area contributed by atoms with E-state index in [1.54, 1.807) is 57.2 Å². The van der Waals surface area contributed by atoms with Crippen LogP contribution in [0, 0.1) is 0 Å². The van der Waals surface area contributed by atoms with Crippen LogP contribution in [0.4, 0.5) is 4.79 Å². The Labute approximate surface area is 147 Å². The molecule has 134 valence electrons. The van der Waals surface area contributed by atoms with Gasteiger partial charge in [0.2, 0.25) is 0 Å². The molecule has 3 N–H and O–H groups in total. The van der Waals surface area contributed by atoms with Crippen LogP contribution in [0.2, 0.25) is 0 Å². The molecule has 0 saturated heterocycles. The summed E-state index contributed by atoms with van der Waals surface area (Å²) in [5.41, 5.74) is -0.0217. The zero-order valence-corrected chi connectivity index (χ0v) is 14.8. The first-order valence-corrected chi connectivity index (χ1v) is 8.24. The number of aromatic hydroxyl groups is 1. The molecule has 2 aromatic carbocycles. The van der Waals surface area contributed by atoms with Gasteiger partial charge in [-0.1, -0.05) is 24.3 Å². The van der Waals surface area contributed by atoms with Crippen LogP contribution in [-0.2, 0) is 4.74 Å². The van der Waals surface area contributed by atoms with Gasteiger partial charge >= 0.3 is 6.09 Å². The molecule has 0 aliphatic carbocycles. The third-order valence-electron chi connectivity index (χ3n) is 3.45. The van der Waals surface area contributed by atoms with E-state index in [1.807, 2.05) is 0 Å². The van der Waals surface area contributed by atoms with Gasteiger partial charge in [-0.25, -0.2) is 4.79 Å². The van der Waals surface area contributed by atoms with Crippen molar-refractivity contribution in [2.45, 2.75) is 32.8 Å². The topological polar surface area (TPSA) is 87.7 Å². The largest absolute Gasteiger partial charge is 0.507 e. The highest BCUT2D eigenvalue weighted by Crippen LogP contribution is 2.26. The van der Waals surface area contributed by atoms with Gasteiger partial charge in [0.15, 0.2) is 0 Å². The SMILES string of the molecule is CC(C)(C)OC(=O)NCCCNC(=O)c1cccc2c(O)cccc12. The monoisotopic (exact) mass is 344 g/mol. The van der Waals surface area contributed by atoms with Crippen LogP contribution in [0.25, 0.3) is 10.8 Å². The molecule has 0 fully saturated rings. The average Bonchev–Trinajstić information content (AvgIpc) is 2.52. The van der Waals surface area contributed by atoms with E-state index >= 15 is 0 Å². The average molecular weight is 344 g/mol. The van der Waals surface area contributed by atoms with Crippen molar-refractivity contribution in [3.05, 3.63) is 42.0 Å². The summed E-state index contributed by atoms with van der Waals surface area (Å²) < 4.78 is 5.13. The number of hydrogen-bond acceptors (Lipinski definition) is 4. The van der Waals surface area contributed by atoms with Crippen LogP contribution in [0.1, 0.15) is 37.6 Å². The van der Waals surface area contributed by atoms with Crippen molar-refractivity contribution in [1.29, 1.82) is 0 Å². The summed E-state index contributed by atoms with van der Waals surface area (Å²) in [5, 5.41) is 16.7. The van der Waals surface area contributed by atoms with Crippen molar-refractivity contribution in [3.8, 4) is 5.75 Å². The number of ether oxygens (including phenoxy) is 1. The number of hydrogen-bond donors (Lipinski definition) is 3. The van der Waals surface area contributed by atoms with Crippen LogP contribution >= 0.6 is 0 Å². The zero-order chi connectivity index (χ0) is 18.4. The number of phenols is 1. The number of nitrogens with one attached hydrogen (secondary N) is 2. The molecule has 2 amide bonds. The summed E-state index contributed by atoms with van der Waals surface area (Å²) >= 11 is 0.